The summed E-state index contributed by atoms with van der Waals surface area (Å²) in [6.45, 7) is 6.59. The third-order valence-electron chi connectivity index (χ3n) is 8.28. The number of nitrogens with zero attached hydrogens (tertiary/aromatic N) is 2. The zero-order valence-corrected chi connectivity index (χ0v) is 32.0. The number of benzene rings is 4. The van der Waals surface area contributed by atoms with Gasteiger partial charge in [-0.2, -0.15) is 0 Å². The van der Waals surface area contributed by atoms with Crippen molar-refractivity contribution in [1.29, 1.82) is 0 Å². The summed E-state index contributed by atoms with van der Waals surface area (Å²) in [7, 11) is 1.54. The standard InChI is InChI=1S/C41H37BrN2O8S/c1-5-49-30-19-17-28(18-20-30)36-34(40(47)51-7-3)35(27-11-9-8-10-12-27)43-41-44(36)38(45)33(53-41)23-26-21-31(42)37(32(22-26)48-4)52-24-25-13-15-29(16-14-25)39(46)50-6-2/h8-23,36H,5-7,24H2,1-4H3/b33-23-/t36-/m0/s1. The third kappa shape index (κ3) is 8.13. The molecule has 12 heteroatoms. The van der Waals surface area contributed by atoms with Gasteiger partial charge >= 0.3 is 11.9 Å². The van der Waals surface area contributed by atoms with Gasteiger partial charge in [-0.05, 0) is 95.9 Å². The summed E-state index contributed by atoms with van der Waals surface area (Å²) in [6.07, 6.45) is 1.76. The van der Waals surface area contributed by atoms with Crippen LogP contribution in [0.2, 0.25) is 0 Å². The molecule has 10 nitrogen and oxygen atoms in total. The quantitative estimate of drug-likeness (QED) is 0.119. The monoisotopic (exact) mass is 796 g/mol. The van der Waals surface area contributed by atoms with E-state index in [1.807, 2.05) is 67.6 Å². The highest BCUT2D eigenvalue weighted by molar-refractivity contribution is 9.10. The molecule has 0 unspecified atom stereocenters. The van der Waals surface area contributed by atoms with Crippen molar-refractivity contribution in [3.05, 3.63) is 149 Å². The van der Waals surface area contributed by atoms with Crippen LogP contribution >= 0.6 is 27.3 Å². The van der Waals surface area contributed by atoms with Crippen LogP contribution < -0.4 is 29.1 Å². The van der Waals surface area contributed by atoms with E-state index in [9.17, 15) is 14.4 Å². The van der Waals surface area contributed by atoms with Gasteiger partial charge in [0, 0.05) is 5.56 Å². The minimum atomic E-state index is -0.818. The number of rotatable bonds is 13. The summed E-state index contributed by atoms with van der Waals surface area (Å²) >= 11 is 4.85. The zero-order chi connectivity index (χ0) is 37.5. The average molecular weight is 798 g/mol. The largest absolute Gasteiger partial charge is 0.494 e. The molecular weight excluding hydrogens is 760 g/mol. The van der Waals surface area contributed by atoms with Crippen LogP contribution in [-0.2, 0) is 20.9 Å². The number of hydrogen-bond acceptors (Lipinski definition) is 10. The molecule has 4 aromatic carbocycles. The fourth-order valence-electron chi connectivity index (χ4n) is 5.89. The highest BCUT2D eigenvalue weighted by Crippen LogP contribution is 2.38. The van der Waals surface area contributed by atoms with E-state index < -0.39 is 12.0 Å². The molecule has 272 valence electrons. The lowest BCUT2D eigenvalue weighted by Gasteiger charge is -2.26. The van der Waals surface area contributed by atoms with Gasteiger partial charge < -0.3 is 23.7 Å². The van der Waals surface area contributed by atoms with E-state index in [2.05, 4.69) is 15.9 Å². The minimum absolute atomic E-state index is 0.156. The number of thiazole rings is 1. The molecule has 0 N–H and O–H groups in total. The Morgan fingerprint density at radius 2 is 1.57 bits per heavy atom. The Kier molecular flexibility index (Phi) is 11.9. The van der Waals surface area contributed by atoms with Crippen molar-refractivity contribution >= 4 is 51.0 Å². The van der Waals surface area contributed by atoms with Crippen molar-refractivity contribution in [1.82, 2.24) is 4.57 Å². The van der Waals surface area contributed by atoms with Crippen molar-refractivity contribution < 1.29 is 33.3 Å². The Bertz CT molecular complexity index is 2330. The van der Waals surface area contributed by atoms with Gasteiger partial charge in [-0.3, -0.25) is 9.36 Å². The molecule has 0 saturated heterocycles. The molecule has 0 aliphatic carbocycles. The molecule has 0 amide bonds. The van der Waals surface area contributed by atoms with E-state index in [-0.39, 0.29) is 30.3 Å². The maximum atomic E-state index is 14.4. The van der Waals surface area contributed by atoms with Gasteiger partial charge in [0.15, 0.2) is 16.3 Å². The Balaban J connectivity index is 1.41. The molecule has 0 spiro atoms. The fraction of sp³-hybridized carbons (Fsp3) is 0.220. The highest BCUT2D eigenvalue weighted by atomic mass is 79.9. The van der Waals surface area contributed by atoms with Gasteiger partial charge in [0.05, 0.1) is 58.8 Å². The van der Waals surface area contributed by atoms with E-state index in [4.69, 9.17) is 28.7 Å². The van der Waals surface area contributed by atoms with Crippen molar-refractivity contribution in [3.8, 4) is 17.2 Å². The van der Waals surface area contributed by atoms with Crippen LogP contribution in [0.1, 0.15) is 59.4 Å². The summed E-state index contributed by atoms with van der Waals surface area (Å²) in [5.74, 6) is 0.664. The molecule has 1 atom stereocenters. The number of ether oxygens (including phenoxy) is 5. The maximum absolute atomic E-state index is 14.4. The number of carbonyl (C=O) groups excluding carboxylic acids is 2. The summed E-state index contributed by atoms with van der Waals surface area (Å²) < 4.78 is 30.7. The fourth-order valence-corrected chi connectivity index (χ4v) is 7.47. The second-order valence-electron chi connectivity index (χ2n) is 11.7. The summed E-state index contributed by atoms with van der Waals surface area (Å²) in [6, 6.07) is 26.6. The number of fused-ring (bicyclic) bond motifs is 1. The molecule has 1 aliphatic heterocycles. The maximum Gasteiger partial charge on any atom is 0.338 e. The lowest BCUT2D eigenvalue weighted by molar-refractivity contribution is -0.138. The first-order valence-electron chi connectivity index (χ1n) is 17.0. The number of carbonyl (C=O) groups is 2. The lowest BCUT2D eigenvalue weighted by atomic mass is 9.93. The normalized spacial score (nSPS) is 13.9. The van der Waals surface area contributed by atoms with Crippen molar-refractivity contribution in [3.63, 3.8) is 0 Å². The Hall–Kier alpha value is -5.46. The van der Waals surface area contributed by atoms with Crippen LogP contribution in [0.15, 0.2) is 111 Å². The number of halogens is 1. The molecule has 5 aromatic rings. The van der Waals surface area contributed by atoms with Gasteiger partial charge in [0.2, 0.25) is 0 Å². The van der Waals surface area contributed by atoms with Gasteiger partial charge in [0.1, 0.15) is 12.4 Å². The number of aromatic nitrogens is 1. The van der Waals surface area contributed by atoms with E-state index in [0.717, 1.165) is 11.1 Å². The number of methoxy groups -OCH3 is 1. The van der Waals surface area contributed by atoms with E-state index >= 15 is 0 Å². The summed E-state index contributed by atoms with van der Waals surface area (Å²) in [4.78, 5) is 45.6. The third-order valence-corrected chi connectivity index (χ3v) is 9.85. The summed E-state index contributed by atoms with van der Waals surface area (Å²) in [5.41, 5.74) is 3.80. The molecule has 0 bridgehead atoms. The van der Waals surface area contributed by atoms with Crippen molar-refractivity contribution in [2.24, 2.45) is 4.99 Å². The van der Waals surface area contributed by atoms with E-state index in [0.29, 0.717) is 66.7 Å². The molecule has 2 heterocycles. The Labute approximate surface area is 318 Å². The number of hydrogen-bond donors (Lipinski definition) is 0. The Morgan fingerprint density at radius 3 is 2.23 bits per heavy atom. The first-order chi connectivity index (χ1) is 25.8. The van der Waals surface area contributed by atoms with Crippen LogP contribution in [0.25, 0.3) is 11.8 Å². The smallest absolute Gasteiger partial charge is 0.338 e. The van der Waals surface area contributed by atoms with Gasteiger partial charge in [-0.15, -0.1) is 0 Å². The first kappa shape index (κ1) is 37.3. The van der Waals surface area contributed by atoms with Gasteiger partial charge in [0.25, 0.3) is 5.56 Å². The molecule has 0 saturated carbocycles. The van der Waals surface area contributed by atoms with Crippen LogP contribution in [-0.4, -0.2) is 43.4 Å². The predicted octanol–water partition coefficient (Wildman–Crippen LogP) is 6.86. The molecular formula is C41H37BrN2O8S. The minimum Gasteiger partial charge on any atom is -0.494 e. The van der Waals surface area contributed by atoms with Crippen LogP contribution in [0.5, 0.6) is 17.2 Å². The van der Waals surface area contributed by atoms with E-state index in [1.54, 1.807) is 61.9 Å². The van der Waals surface area contributed by atoms with Gasteiger partial charge in [-0.25, -0.2) is 14.6 Å². The topological polar surface area (TPSA) is 115 Å². The van der Waals surface area contributed by atoms with Crippen molar-refractivity contribution in [2.75, 3.05) is 26.9 Å². The predicted molar refractivity (Wildman–Crippen MR) is 206 cm³/mol. The van der Waals surface area contributed by atoms with E-state index in [1.165, 1.54) is 11.3 Å². The molecule has 1 aliphatic rings. The lowest BCUT2D eigenvalue weighted by Crippen LogP contribution is -2.40. The molecule has 0 radical (unpaired) electrons. The molecule has 6 rings (SSSR count). The van der Waals surface area contributed by atoms with Crippen LogP contribution in [0, 0.1) is 0 Å². The zero-order valence-electron chi connectivity index (χ0n) is 29.6. The van der Waals surface area contributed by atoms with Crippen molar-refractivity contribution in [2.45, 2.75) is 33.4 Å². The highest BCUT2D eigenvalue weighted by Gasteiger charge is 2.35. The average Bonchev–Trinajstić information content (AvgIpc) is 3.48. The second-order valence-corrected chi connectivity index (χ2v) is 13.5. The molecule has 0 fully saturated rings. The van der Waals surface area contributed by atoms with Crippen LogP contribution in [0.4, 0.5) is 0 Å². The summed E-state index contributed by atoms with van der Waals surface area (Å²) in [5, 5.41) is 0. The number of esters is 2. The van der Waals surface area contributed by atoms with Crippen LogP contribution in [0.3, 0.4) is 0 Å². The molecule has 1 aromatic heterocycles. The molecule has 53 heavy (non-hydrogen) atoms. The van der Waals surface area contributed by atoms with Gasteiger partial charge in [-0.1, -0.05) is 65.9 Å². The second kappa shape index (κ2) is 16.9. The first-order valence-corrected chi connectivity index (χ1v) is 18.6. The Morgan fingerprint density at radius 1 is 0.868 bits per heavy atom. The SMILES string of the molecule is CCOC(=O)C1=C(c2ccccc2)N=c2s/c(=C\c3cc(Br)c(OCc4ccc(C(=O)OCC)cc4)c(OC)c3)c(=O)n2[C@H]1c1ccc(OCC)cc1.